The Morgan fingerprint density at radius 3 is 1.59 bits per heavy atom. The van der Waals surface area contributed by atoms with Crippen LogP contribution in [0.15, 0.2) is 0 Å². The van der Waals surface area contributed by atoms with Crippen molar-refractivity contribution in [2.75, 3.05) is 34.0 Å². The Morgan fingerprint density at radius 2 is 1.29 bits per heavy atom. The molecule has 0 unspecified atom stereocenters. The van der Waals surface area contributed by atoms with Crippen LogP contribution in [0.3, 0.4) is 0 Å². The van der Waals surface area contributed by atoms with E-state index in [1.165, 1.54) is 0 Å². The molecule has 0 rings (SSSR count). The zero-order valence-electron chi connectivity index (χ0n) is 11.9. The van der Waals surface area contributed by atoms with Gasteiger partial charge in [-0.3, -0.25) is 0 Å². The second-order valence-corrected chi connectivity index (χ2v) is 12.9. The van der Waals surface area contributed by atoms with Crippen LogP contribution < -0.4 is 0 Å². The highest BCUT2D eigenvalue weighted by Gasteiger charge is 2.64. The molecular weight excluding hydrogens is 256 g/mol. The van der Waals surface area contributed by atoms with Gasteiger partial charge in [0.15, 0.2) is 0 Å². The van der Waals surface area contributed by atoms with Crippen LogP contribution in [0.5, 0.6) is 0 Å². The summed E-state index contributed by atoms with van der Waals surface area (Å²) in [5.41, 5.74) is 0. The maximum absolute atomic E-state index is 5.91. The zero-order chi connectivity index (χ0) is 13.4. The summed E-state index contributed by atoms with van der Waals surface area (Å²) in [6.45, 7) is 9.50. The van der Waals surface area contributed by atoms with Crippen LogP contribution in [0.1, 0.15) is 27.2 Å². The van der Waals surface area contributed by atoms with Crippen molar-refractivity contribution in [1.82, 2.24) is 0 Å². The van der Waals surface area contributed by atoms with Crippen LogP contribution in [0.2, 0.25) is 6.55 Å². The fourth-order valence-electron chi connectivity index (χ4n) is 1.47. The summed E-state index contributed by atoms with van der Waals surface area (Å²) < 4.78 is 28.7. The third-order valence-corrected chi connectivity index (χ3v) is 13.0. The molecule has 0 aromatic rings. The zero-order valence-corrected chi connectivity index (χ0v) is 13.9. The number of rotatable bonds is 10. The molecule has 7 heteroatoms. The summed E-state index contributed by atoms with van der Waals surface area (Å²) in [6, 6.07) is 0. The van der Waals surface area contributed by atoms with Crippen molar-refractivity contribution in [3.05, 3.63) is 0 Å². The third kappa shape index (κ3) is 4.13. The minimum absolute atomic E-state index is 0.533. The summed E-state index contributed by atoms with van der Waals surface area (Å²) >= 11 is 0. The molecule has 0 radical (unpaired) electrons. The monoisotopic (exact) mass is 282 g/mol. The quantitative estimate of drug-likeness (QED) is 0.572. The van der Waals surface area contributed by atoms with E-state index < -0.39 is 16.4 Å². The van der Waals surface area contributed by atoms with Crippen LogP contribution in [0.4, 0.5) is 0 Å². The molecule has 0 fully saturated rings. The van der Waals surface area contributed by atoms with E-state index in [4.69, 9.17) is 22.1 Å². The second-order valence-electron chi connectivity index (χ2n) is 3.62. The standard InChI is InChI=1S/C10H26O5Si2/c1-7-10-15-17(13-8-2,14-9-3)16(6,11-4)12-5/h7-10H2,1-6H3. The number of hydrogen-bond acceptors (Lipinski definition) is 5. The minimum atomic E-state index is -2.88. The molecule has 0 N–H and O–H groups in total. The number of hydrogen-bond donors (Lipinski definition) is 0. The van der Waals surface area contributed by atoms with Gasteiger partial charge in [-0.1, -0.05) is 6.92 Å². The van der Waals surface area contributed by atoms with Crippen molar-refractivity contribution in [3.63, 3.8) is 0 Å². The smallest absolute Gasteiger partial charge is 0.395 e. The molecule has 104 valence electrons. The average Bonchev–Trinajstić information content (AvgIpc) is 2.35. The maximum Gasteiger partial charge on any atom is 0.539 e. The Kier molecular flexibility index (Phi) is 8.47. The van der Waals surface area contributed by atoms with E-state index in [0.717, 1.165) is 6.42 Å². The fourth-order valence-corrected chi connectivity index (χ4v) is 9.44. The SMILES string of the molecule is CCCO[Si](OCC)(OCC)[Si](C)(OC)OC. The Morgan fingerprint density at radius 1 is 0.824 bits per heavy atom. The highest BCUT2D eigenvalue weighted by molar-refractivity contribution is 7.28. The van der Waals surface area contributed by atoms with Crippen molar-refractivity contribution < 1.29 is 22.1 Å². The summed E-state index contributed by atoms with van der Waals surface area (Å²) in [6.07, 6.45) is 0.910. The van der Waals surface area contributed by atoms with Gasteiger partial charge in [0, 0.05) is 34.0 Å². The van der Waals surface area contributed by atoms with Crippen LogP contribution in [-0.4, -0.2) is 50.4 Å². The summed E-state index contributed by atoms with van der Waals surface area (Å²) in [5.74, 6) is 0. The van der Waals surface area contributed by atoms with Gasteiger partial charge < -0.3 is 22.1 Å². The van der Waals surface area contributed by atoms with Gasteiger partial charge in [-0.15, -0.1) is 0 Å². The summed E-state index contributed by atoms with van der Waals surface area (Å²) in [4.78, 5) is 0. The van der Waals surface area contributed by atoms with Gasteiger partial charge in [0.05, 0.1) is 0 Å². The largest absolute Gasteiger partial charge is 0.539 e. The van der Waals surface area contributed by atoms with E-state index in [-0.39, 0.29) is 0 Å². The van der Waals surface area contributed by atoms with Gasteiger partial charge >= 0.3 is 16.4 Å². The molecule has 0 bridgehead atoms. The molecular formula is C10H26O5Si2. The molecule has 17 heavy (non-hydrogen) atoms. The second kappa shape index (κ2) is 8.36. The van der Waals surface area contributed by atoms with Crippen molar-refractivity contribution in [2.45, 2.75) is 33.7 Å². The first-order valence-electron chi connectivity index (χ1n) is 6.07. The van der Waals surface area contributed by atoms with E-state index in [2.05, 4.69) is 6.92 Å². The van der Waals surface area contributed by atoms with Gasteiger partial charge in [-0.2, -0.15) is 0 Å². The van der Waals surface area contributed by atoms with Gasteiger partial charge in [0.1, 0.15) is 0 Å². The van der Waals surface area contributed by atoms with Crippen LogP contribution >= 0.6 is 0 Å². The van der Waals surface area contributed by atoms with E-state index in [0.29, 0.717) is 19.8 Å². The van der Waals surface area contributed by atoms with Crippen LogP contribution in [0, 0.1) is 0 Å². The lowest BCUT2D eigenvalue weighted by Crippen LogP contribution is -2.70. The lowest BCUT2D eigenvalue weighted by molar-refractivity contribution is 0.0679. The fraction of sp³-hybridized carbons (Fsp3) is 1.00. The first kappa shape index (κ1) is 17.2. The maximum atomic E-state index is 5.91. The van der Waals surface area contributed by atoms with E-state index in [1.54, 1.807) is 14.2 Å². The van der Waals surface area contributed by atoms with Gasteiger partial charge in [0.25, 0.3) is 0 Å². The van der Waals surface area contributed by atoms with Crippen molar-refractivity contribution >= 4 is 16.4 Å². The molecule has 5 nitrogen and oxygen atoms in total. The molecule has 0 heterocycles. The highest BCUT2D eigenvalue weighted by atomic mass is 29.3. The highest BCUT2D eigenvalue weighted by Crippen LogP contribution is 2.25. The Labute approximate surface area is 107 Å². The molecule has 0 aliphatic rings. The van der Waals surface area contributed by atoms with Gasteiger partial charge in [-0.25, -0.2) is 0 Å². The molecule has 0 aromatic heterocycles. The molecule has 0 atom stereocenters. The van der Waals surface area contributed by atoms with Crippen molar-refractivity contribution in [3.8, 4) is 0 Å². The van der Waals surface area contributed by atoms with E-state index in [1.807, 2.05) is 20.4 Å². The first-order valence-corrected chi connectivity index (χ1v) is 11.1. The predicted octanol–water partition coefficient (Wildman–Crippen LogP) is 1.87. The first-order chi connectivity index (χ1) is 8.05. The van der Waals surface area contributed by atoms with Crippen LogP contribution in [-0.2, 0) is 22.1 Å². The molecule has 0 saturated carbocycles. The normalized spacial score (nSPS) is 13.1. The predicted molar refractivity (Wildman–Crippen MR) is 70.9 cm³/mol. The van der Waals surface area contributed by atoms with Crippen molar-refractivity contribution in [2.24, 2.45) is 0 Å². The van der Waals surface area contributed by atoms with E-state index in [9.17, 15) is 0 Å². The lowest BCUT2D eigenvalue weighted by atomic mass is 10.5. The Hall–Kier alpha value is 0.234. The van der Waals surface area contributed by atoms with Gasteiger partial charge in [0.2, 0.25) is 0 Å². The Bertz CT molecular complexity index is 193. The Balaban J connectivity index is 5.10. The molecule has 0 aliphatic heterocycles. The van der Waals surface area contributed by atoms with Crippen LogP contribution in [0.25, 0.3) is 0 Å². The molecule has 0 amide bonds. The molecule has 0 aliphatic carbocycles. The topological polar surface area (TPSA) is 46.2 Å². The molecule has 0 spiro atoms. The molecule has 0 saturated heterocycles. The summed E-state index contributed by atoms with van der Waals surface area (Å²) in [5, 5.41) is 0. The van der Waals surface area contributed by atoms with Gasteiger partial charge in [-0.05, 0) is 26.8 Å². The molecule has 0 aromatic carbocycles. The summed E-state index contributed by atoms with van der Waals surface area (Å²) in [7, 11) is -2.20. The lowest BCUT2D eigenvalue weighted by Gasteiger charge is -2.38. The third-order valence-electron chi connectivity index (χ3n) is 2.50. The van der Waals surface area contributed by atoms with Crippen molar-refractivity contribution in [1.29, 1.82) is 0 Å². The minimum Gasteiger partial charge on any atom is -0.395 e. The van der Waals surface area contributed by atoms with E-state index >= 15 is 0 Å². The average molecular weight is 282 g/mol.